The molecule has 2 aromatic rings. The second-order valence-corrected chi connectivity index (χ2v) is 5.38. The van der Waals surface area contributed by atoms with E-state index in [2.05, 4.69) is 15.2 Å². The van der Waals surface area contributed by atoms with Gasteiger partial charge in [0.25, 0.3) is 5.69 Å². The summed E-state index contributed by atoms with van der Waals surface area (Å²) in [6.07, 6.45) is 0. The first-order valence-corrected chi connectivity index (χ1v) is 7.40. The normalized spacial score (nSPS) is 10.4. The van der Waals surface area contributed by atoms with Gasteiger partial charge < -0.3 is 9.47 Å². The van der Waals surface area contributed by atoms with Crippen molar-refractivity contribution >= 4 is 23.2 Å². The first-order valence-electron chi connectivity index (χ1n) is 6.41. The Labute approximate surface area is 135 Å². The number of nitrogens with zero attached hydrogens (tertiary/aromatic N) is 3. The van der Waals surface area contributed by atoms with E-state index < -0.39 is 4.92 Å². The molecule has 0 aliphatic carbocycles. The molecule has 0 bridgehead atoms. The molecule has 23 heavy (non-hydrogen) atoms. The van der Waals surface area contributed by atoms with E-state index in [1.807, 2.05) is 0 Å². The maximum atomic E-state index is 11.3. The molecule has 1 aromatic heterocycles. The van der Waals surface area contributed by atoms with Crippen molar-refractivity contribution in [2.45, 2.75) is 12.1 Å². The Morgan fingerprint density at radius 3 is 2.57 bits per heavy atom. The molecule has 1 heterocycles. The molecule has 0 aliphatic heterocycles. The number of carbonyl (C=O) groups excluding carboxylic acids is 1. The molecule has 0 unspecified atom stereocenters. The molecule has 0 spiro atoms. The number of hydrogen-bond acceptors (Lipinski definition) is 8. The molecule has 2 rings (SSSR count). The summed E-state index contributed by atoms with van der Waals surface area (Å²) in [5.74, 6) is 1.00. The monoisotopic (exact) mass is 338 g/mol. The molecule has 9 nitrogen and oxygen atoms in total. The number of Topliss-reactive ketones (excluding diaryl/α,β-unsaturated/α-hetero) is 1. The van der Waals surface area contributed by atoms with Crippen LogP contribution >= 0.6 is 11.8 Å². The van der Waals surface area contributed by atoms with Crippen molar-refractivity contribution in [2.75, 3.05) is 20.0 Å². The summed E-state index contributed by atoms with van der Waals surface area (Å²) in [4.78, 5) is 25.9. The standard InChI is InChI=1S/C13H14N4O5S/c1-7(18)6-23-13-14-12(15-16-13)8-4-10(21-2)11(22-3)5-9(8)17(19)20/h4-5H,6H2,1-3H3,(H,14,15,16). The van der Waals surface area contributed by atoms with Gasteiger partial charge in [-0.25, -0.2) is 4.98 Å². The van der Waals surface area contributed by atoms with E-state index in [4.69, 9.17) is 9.47 Å². The number of thioether (sulfide) groups is 1. The largest absolute Gasteiger partial charge is 0.493 e. The molecule has 0 atom stereocenters. The Kier molecular flexibility index (Phi) is 5.16. The Balaban J connectivity index is 2.45. The number of nitrogens with one attached hydrogen (secondary N) is 1. The van der Waals surface area contributed by atoms with Crippen LogP contribution in [-0.4, -0.2) is 45.9 Å². The average molecular weight is 338 g/mol. The van der Waals surface area contributed by atoms with Gasteiger partial charge in [0.15, 0.2) is 17.3 Å². The van der Waals surface area contributed by atoms with Crippen molar-refractivity contribution in [1.29, 1.82) is 0 Å². The molecule has 10 heteroatoms. The van der Waals surface area contributed by atoms with Crippen LogP contribution in [0.3, 0.4) is 0 Å². The van der Waals surface area contributed by atoms with Crippen molar-refractivity contribution < 1.29 is 19.2 Å². The summed E-state index contributed by atoms with van der Waals surface area (Å²) in [5.41, 5.74) is 0.0248. The van der Waals surface area contributed by atoms with Gasteiger partial charge in [-0.15, -0.1) is 5.10 Å². The van der Waals surface area contributed by atoms with Crippen molar-refractivity contribution in [1.82, 2.24) is 15.2 Å². The number of ketones is 1. The molecule has 0 fully saturated rings. The maximum absolute atomic E-state index is 11.3. The number of H-pyrrole nitrogens is 1. The highest BCUT2D eigenvalue weighted by atomic mass is 32.2. The maximum Gasteiger partial charge on any atom is 0.284 e. The highest BCUT2D eigenvalue weighted by Crippen LogP contribution is 2.38. The predicted octanol–water partition coefficient (Wildman–Crippen LogP) is 2.08. The summed E-state index contributed by atoms with van der Waals surface area (Å²) in [5, 5.41) is 18.2. The van der Waals surface area contributed by atoms with Gasteiger partial charge in [0, 0.05) is 6.07 Å². The third-order valence-corrected chi connectivity index (χ3v) is 3.81. The zero-order valence-corrected chi connectivity index (χ0v) is 13.5. The van der Waals surface area contributed by atoms with Crippen LogP contribution in [0.1, 0.15) is 6.92 Å². The van der Waals surface area contributed by atoms with E-state index in [1.165, 1.54) is 33.3 Å². The van der Waals surface area contributed by atoms with Gasteiger partial charge in [0.2, 0.25) is 5.16 Å². The minimum atomic E-state index is -0.539. The van der Waals surface area contributed by atoms with E-state index >= 15 is 0 Å². The number of nitro benzene ring substituents is 1. The average Bonchev–Trinajstić information content (AvgIpc) is 3.00. The van der Waals surface area contributed by atoms with E-state index in [0.717, 1.165) is 11.8 Å². The van der Waals surface area contributed by atoms with Crippen molar-refractivity contribution in [3.8, 4) is 22.9 Å². The number of aromatic nitrogens is 3. The second kappa shape index (κ2) is 7.09. The quantitative estimate of drug-likeness (QED) is 0.463. The molecule has 0 amide bonds. The summed E-state index contributed by atoms with van der Waals surface area (Å²) in [7, 11) is 2.83. The summed E-state index contributed by atoms with van der Waals surface area (Å²) in [6, 6.07) is 2.72. The van der Waals surface area contributed by atoms with E-state index in [-0.39, 0.29) is 34.4 Å². The number of carbonyl (C=O) groups is 1. The third kappa shape index (κ3) is 3.77. The molecule has 0 radical (unpaired) electrons. The number of benzene rings is 1. The Morgan fingerprint density at radius 1 is 1.35 bits per heavy atom. The highest BCUT2D eigenvalue weighted by molar-refractivity contribution is 7.99. The number of ether oxygens (including phenoxy) is 2. The molecule has 0 saturated carbocycles. The van der Waals surface area contributed by atoms with Crippen LogP contribution in [0.25, 0.3) is 11.4 Å². The van der Waals surface area contributed by atoms with Crippen LogP contribution in [0, 0.1) is 10.1 Å². The van der Waals surface area contributed by atoms with Crippen molar-refractivity contribution in [2.24, 2.45) is 0 Å². The van der Waals surface area contributed by atoms with Crippen LogP contribution < -0.4 is 9.47 Å². The smallest absolute Gasteiger partial charge is 0.284 e. The van der Waals surface area contributed by atoms with Crippen molar-refractivity contribution in [3.05, 3.63) is 22.2 Å². The zero-order chi connectivity index (χ0) is 17.0. The van der Waals surface area contributed by atoms with Gasteiger partial charge in [-0.1, -0.05) is 11.8 Å². The summed E-state index contributed by atoms with van der Waals surface area (Å²) >= 11 is 1.15. The Bertz CT molecular complexity index is 746. The molecular weight excluding hydrogens is 324 g/mol. The second-order valence-electron chi connectivity index (χ2n) is 4.44. The molecule has 1 N–H and O–H groups in total. The van der Waals surface area contributed by atoms with E-state index in [0.29, 0.717) is 10.9 Å². The van der Waals surface area contributed by atoms with E-state index in [1.54, 1.807) is 0 Å². The van der Waals surface area contributed by atoms with Gasteiger partial charge in [-0.05, 0) is 6.92 Å². The van der Waals surface area contributed by atoms with Gasteiger partial charge in [-0.3, -0.25) is 20.0 Å². The molecule has 1 aromatic carbocycles. The third-order valence-electron chi connectivity index (χ3n) is 2.82. The minimum Gasteiger partial charge on any atom is -0.493 e. The number of aromatic amines is 1. The lowest BCUT2D eigenvalue weighted by molar-refractivity contribution is -0.384. The Morgan fingerprint density at radius 2 is 2.00 bits per heavy atom. The fourth-order valence-electron chi connectivity index (χ4n) is 1.81. The lowest BCUT2D eigenvalue weighted by Gasteiger charge is -2.09. The SMILES string of the molecule is COc1cc(-c2nc(SCC(C)=O)n[nH]2)c([N+](=O)[O-])cc1OC. The molecule has 0 aliphatic rings. The number of nitro groups is 1. The fourth-order valence-corrected chi connectivity index (χ4v) is 2.40. The van der Waals surface area contributed by atoms with Gasteiger partial charge >= 0.3 is 0 Å². The van der Waals surface area contributed by atoms with Gasteiger partial charge in [0.05, 0.1) is 31.0 Å². The minimum absolute atomic E-state index is 0.0153. The van der Waals surface area contributed by atoms with Crippen LogP contribution in [-0.2, 0) is 4.79 Å². The van der Waals surface area contributed by atoms with Crippen LogP contribution in [0.5, 0.6) is 11.5 Å². The number of rotatable bonds is 7. The lowest BCUT2D eigenvalue weighted by atomic mass is 10.1. The van der Waals surface area contributed by atoms with Crippen molar-refractivity contribution in [3.63, 3.8) is 0 Å². The molecule has 0 saturated heterocycles. The summed E-state index contributed by atoms with van der Waals surface area (Å²) < 4.78 is 10.2. The first-order chi connectivity index (χ1) is 11.0. The highest BCUT2D eigenvalue weighted by Gasteiger charge is 2.23. The van der Waals surface area contributed by atoms with Gasteiger partial charge in [0.1, 0.15) is 11.3 Å². The molecular formula is C13H14N4O5S. The fraction of sp³-hybridized carbons (Fsp3) is 0.308. The van der Waals surface area contributed by atoms with Crippen LogP contribution in [0.4, 0.5) is 5.69 Å². The number of methoxy groups -OCH3 is 2. The zero-order valence-electron chi connectivity index (χ0n) is 12.7. The van der Waals surface area contributed by atoms with Gasteiger partial charge in [-0.2, -0.15) is 0 Å². The Hall–Kier alpha value is -2.62. The van der Waals surface area contributed by atoms with Crippen LogP contribution in [0.15, 0.2) is 17.3 Å². The topological polar surface area (TPSA) is 120 Å². The van der Waals surface area contributed by atoms with Crippen LogP contribution in [0.2, 0.25) is 0 Å². The first kappa shape index (κ1) is 16.7. The summed E-state index contributed by atoms with van der Waals surface area (Å²) in [6.45, 7) is 1.46. The predicted molar refractivity (Wildman–Crippen MR) is 83.0 cm³/mol. The molecule has 122 valence electrons. The van der Waals surface area contributed by atoms with E-state index in [9.17, 15) is 14.9 Å². The number of hydrogen-bond donors (Lipinski definition) is 1. The lowest BCUT2D eigenvalue weighted by Crippen LogP contribution is -1.98.